The molecule has 30 heavy (non-hydrogen) atoms. The minimum atomic E-state index is -0.124. The van der Waals surface area contributed by atoms with Crippen LogP contribution in [0.5, 0.6) is 0 Å². The van der Waals surface area contributed by atoms with Crippen LogP contribution in [0.2, 0.25) is 0 Å². The van der Waals surface area contributed by atoms with Crippen molar-refractivity contribution in [2.45, 2.75) is 19.9 Å². The lowest BCUT2D eigenvalue weighted by atomic mass is 9.99. The number of benzene rings is 3. The van der Waals surface area contributed by atoms with E-state index in [4.69, 9.17) is 5.73 Å². The van der Waals surface area contributed by atoms with Crippen molar-refractivity contribution in [1.82, 2.24) is 10.3 Å². The zero-order valence-corrected chi connectivity index (χ0v) is 17.0. The Morgan fingerprint density at radius 1 is 0.967 bits per heavy atom. The summed E-state index contributed by atoms with van der Waals surface area (Å²) in [5, 5.41) is 8.72. The van der Waals surface area contributed by atoms with Gasteiger partial charge in [0.05, 0.1) is 17.9 Å². The summed E-state index contributed by atoms with van der Waals surface area (Å²) in [4.78, 5) is 17.2. The van der Waals surface area contributed by atoms with Crippen molar-refractivity contribution in [2.24, 2.45) is 0 Å². The van der Waals surface area contributed by atoms with E-state index >= 15 is 0 Å². The van der Waals surface area contributed by atoms with Gasteiger partial charge in [-0.1, -0.05) is 48.5 Å². The zero-order valence-electron chi connectivity index (χ0n) is 17.0. The smallest absolute Gasteiger partial charge is 0.252 e. The van der Waals surface area contributed by atoms with Crippen molar-refractivity contribution < 1.29 is 4.79 Å². The molecule has 1 atom stereocenters. The highest BCUT2D eigenvalue weighted by Crippen LogP contribution is 2.25. The average Bonchev–Trinajstić information content (AvgIpc) is 2.76. The molecule has 5 heteroatoms. The summed E-state index contributed by atoms with van der Waals surface area (Å²) in [5.41, 5.74) is 9.91. The van der Waals surface area contributed by atoms with Crippen molar-refractivity contribution in [3.63, 3.8) is 0 Å². The van der Waals surface area contributed by atoms with Crippen molar-refractivity contribution in [1.29, 1.82) is 0 Å². The highest BCUT2D eigenvalue weighted by molar-refractivity contribution is 5.97. The zero-order chi connectivity index (χ0) is 21.1. The van der Waals surface area contributed by atoms with Crippen LogP contribution in [0.1, 0.15) is 34.5 Å². The van der Waals surface area contributed by atoms with Gasteiger partial charge < -0.3 is 16.4 Å². The van der Waals surface area contributed by atoms with Crippen LogP contribution in [0, 0.1) is 6.92 Å². The highest BCUT2D eigenvalue weighted by Gasteiger charge is 2.16. The number of nitrogens with two attached hydrogens (primary N) is 1. The van der Waals surface area contributed by atoms with Gasteiger partial charge >= 0.3 is 0 Å². The second-order valence-corrected chi connectivity index (χ2v) is 7.39. The minimum Gasteiger partial charge on any atom is -0.384 e. The van der Waals surface area contributed by atoms with Gasteiger partial charge in [-0.15, -0.1) is 0 Å². The van der Waals surface area contributed by atoms with E-state index in [0.717, 1.165) is 33.3 Å². The van der Waals surface area contributed by atoms with Gasteiger partial charge in [-0.05, 0) is 60.0 Å². The van der Waals surface area contributed by atoms with Gasteiger partial charge in [-0.25, -0.2) is 4.98 Å². The van der Waals surface area contributed by atoms with Gasteiger partial charge in [-0.2, -0.15) is 0 Å². The summed E-state index contributed by atoms with van der Waals surface area (Å²) in [6.45, 7) is 3.95. The van der Waals surface area contributed by atoms with E-state index in [9.17, 15) is 4.79 Å². The molecule has 5 nitrogen and oxygen atoms in total. The van der Waals surface area contributed by atoms with Crippen molar-refractivity contribution >= 4 is 33.9 Å². The summed E-state index contributed by atoms with van der Waals surface area (Å²) >= 11 is 0. The lowest BCUT2D eigenvalue weighted by molar-refractivity contribution is 0.0939. The molecule has 0 aliphatic carbocycles. The fourth-order valence-corrected chi connectivity index (χ4v) is 3.57. The van der Waals surface area contributed by atoms with Crippen LogP contribution >= 0.6 is 0 Å². The Labute approximate surface area is 176 Å². The van der Waals surface area contributed by atoms with Gasteiger partial charge in [0.1, 0.15) is 5.82 Å². The second kappa shape index (κ2) is 8.25. The largest absolute Gasteiger partial charge is 0.384 e. The molecule has 0 spiro atoms. The van der Waals surface area contributed by atoms with Crippen molar-refractivity contribution in [3.05, 3.63) is 95.7 Å². The Kier molecular flexibility index (Phi) is 5.35. The molecule has 150 valence electrons. The van der Waals surface area contributed by atoms with Gasteiger partial charge in [-0.3, -0.25) is 4.79 Å². The first-order valence-corrected chi connectivity index (χ1v) is 9.89. The van der Waals surface area contributed by atoms with E-state index < -0.39 is 0 Å². The van der Waals surface area contributed by atoms with Gasteiger partial charge in [0.25, 0.3) is 5.91 Å². The van der Waals surface area contributed by atoms with E-state index in [2.05, 4.69) is 39.9 Å². The number of anilines is 3. The van der Waals surface area contributed by atoms with E-state index in [1.54, 1.807) is 12.3 Å². The molecule has 4 rings (SSSR count). The maximum Gasteiger partial charge on any atom is 0.252 e. The molecule has 0 bridgehead atoms. The van der Waals surface area contributed by atoms with Crippen molar-refractivity contribution in [3.8, 4) is 0 Å². The number of fused-ring (bicyclic) bond motifs is 1. The van der Waals surface area contributed by atoms with E-state index in [-0.39, 0.29) is 11.9 Å². The number of nitrogens with zero attached hydrogens (tertiary/aromatic N) is 1. The quantitative estimate of drug-likeness (QED) is 0.424. The van der Waals surface area contributed by atoms with Crippen molar-refractivity contribution in [2.75, 3.05) is 11.1 Å². The standard InChI is InChI=1S/C25H24N4O/c1-16-10-11-19(29-20-12-13-24(26)27-15-20)14-23(16)25(30)28-17(2)21-9-5-7-18-6-3-4-8-22(18)21/h3-15,17,29H,1-2H3,(H2,26,27)(H,28,30)/t17-/m1/s1. The summed E-state index contributed by atoms with van der Waals surface area (Å²) in [7, 11) is 0. The number of carbonyl (C=O) groups excluding carboxylic acids is 1. The molecule has 3 aromatic carbocycles. The maximum absolute atomic E-state index is 13.1. The lowest BCUT2D eigenvalue weighted by Gasteiger charge is -2.18. The topological polar surface area (TPSA) is 80.0 Å². The Bertz CT molecular complexity index is 1200. The minimum absolute atomic E-state index is 0.105. The number of nitrogens with one attached hydrogen (secondary N) is 2. The van der Waals surface area contributed by atoms with Crippen LogP contribution in [0.4, 0.5) is 17.2 Å². The monoisotopic (exact) mass is 396 g/mol. The Balaban J connectivity index is 1.56. The first-order chi connectivity index (χ1) is 14.5. The number of carbonyl (C=O) groups is 1. The SMILES string of the molecule is Cc1ccc(Nc2ccc(N)nc2)cc1C(=O)N[C@H](C)c1cccc2ccccc12. The normalized spacial score (nSPS) is 11.8. The number of aryl methyl sites for hydroxylation is 1. The summed E-state index contributed by atoms with van der Waals surface area (Å²) in [6.07, 6.45) is 1.66. The fraction of sp³-hybridized carbons (Fsp3) is 0.120. The fourth-order valence-electron chi connectivity index (χ4n) is 3.57. The van der Waals surface area contributed by atoms with Crippen LogP contribution in [-0.4, -0.2) is 10.9 Å². The van der Waals surface area contributed by atoms with E-state index in [1.165, 1.54) is 0 Å². The Hall–Kier alpha value is -3.86. The maximum atomic E-state index is 13.1. The Morgan fingerprint density at radius 3 is 2.53 bits per heavy atom. The Morgan fingerprint density at radius 2 is 1.73 bits per heavy atom. The van der Waals surface area contributed by atoms with Crippen LogP contribution in [-0.2, 0) is 0 Å². The van der Waals surface area contributed by atoms with Crippen LogP contribution in [0.25, 0.3) is 10.8 Å². The molecule has 0 unspecified atom stereocenters. The number of aromatic nitrogens is 1. The third-order valence-electron chi connectivity index (χ3n) is 5.19. The summed E-state index contributed by atoms with van der Waals surface area (Å²) in [5.74, 6) is 0.360. The average molecular weight is 396 g/mol. The van der Waals surface area contributed by atoms with E-state index in [1.807, 2.05) is 56.3 Å². The molecular weight excluding hydrogens is 372 g/mol. The molecule has 1 aromatic heterocycles. The first-order valence-electron chi connectivity index (χ1n) is 9.89. The second-order valence-electron chi connectivity index (χ2n) is 7.39. The number of hydrogen-bond acceptors (Lipinski definition) is 4. The molecule has 4 aromatic rings. The van der Waals surface area contributed by atoms with Crippen LogP contribution in [0.15, 0.2) is 79.0 Å². The number of pyridine rings is 1. The lowest BCUT2D eigenvalue weighted by Crippen LogP contribution is -2.27. The molecule has 4 N–H and O–H groups in total. The van der Waals surface area contributed by atoms with Gasteiger partial charge in [0.15, 0.2) is 0 Å². The molecule has 0 aliphatic heterocycles. The molecule has 1 heterocycles. The number of amides is 1. The molecular formula is C25H24N4O. The molecule has 0 saturated carbocycles. The summed E-state index contributed by atoms with van der Waals surface area (Å²) in [6, 6.07) is 23.6. The summed E-state index contributed by atoms with van der Waals surface area (Å²) < 4.78 is 0. The predicted molar refractivity (Wildman–Crippen MR) is 123 cm³/mol. The number of nitrogen functional groups attached to an aromatic ring is 1. The number of rotatable bonds is 5. The van der Waals surface area contributed by atoms with Gasteiger partial charge in [0.2, 0.25) is 0 Å². The van der Waals surface area contributed by atoms with Gasteiger partial charge in [0, 0.05) is 11.3 Å². The third kappa shape index (κ3) is 4.10. The van der Waals surface area contributed by atoms with E-state index in [0.29, 0.717) is 11.4 Å². The molecule has 0 saturated heterocycles. The van der Waals surface area contributed by atoms with Crippen LogP contribution in [0.3, 0.4) is 0 Å². The molecule has 0 radical (unpaired) electrons. The predicted octanol–water partition coefficient (Wildman–Crippen LogP) is 5.36. The molecule has 1 amide bonds. The van der Waals surface area contributed by atoms with Crippen LogP contribution < -0.4 is 16.4 Å². The molecule has 0 aliphatic rings. The molecule has 0 fully saturated rings. The number of hydrogen-bond donors (Lipinski definition) is 3. The highest BCUT2D eigenvalue weighted by atomic mass is 16.1. The first kappa shape index (κ1) is 19.5. The third-order valence-corrected chi connectivity index (χ3v) is 5.19.